The van der Waals surface area contributed by atoms with Crippen LogP contribution in [-0.4, -0.2) is 22.8 Å². The average Bonchev–Trinajstić information content (AvgIpc) is 2.95. The molecule has 0 atom stereocenters. The van der Waals surface area contributed by atoms with Crippen LogP contribution >= 0.6 is 11.3 Å². The molecular formula is C11H12F3NO2S. The normalized spacial score (nSPS) is 17.8. The molecule has 1 aromatic heterocycles. The zero-order valence-corrected chi connectivity index (χ0v) is 10.4. The monoisotopic (exact) mass is 279 g/mol. The lowest BCUT2D eigenvalue weighted by Gasteiger charge is -2.20. The molecule has 1 saturated carbocycles. The Morgan fingerprint density at radius 3 is 2.56 bits per heavy atom. The number of carbonyl (C=O) groups is 1. The molecule has 2 N–H and O–H groups in total. The van der Waals surface area contributed by atoms with Crippen LogP contribution in [0.1, 0.15) is 33.0 Å². The molecule has 3 nitrogen and oxygen atoms in total. The molecule has 1 aliphatic carbocycles. The number of nitrogens with one attached hydrogen (secondary N) is 1. The van der Waals surface area contributed by atoms with E-state index in [-0.39, 0.29) is 24.3 Å². The number of rotatable bonds is 4. The van der Waals surface area contributed by atoms with Gasteiger partial charge in [0, 0.05) is 11.4 Å². The lowest BCUT2D eigenvalue weighted by atomic mass is 10.2. The van der Waals surface area contributed by atoms with Gasteiger partial charge in [0.05, 0.1) is 0 Å². The van der Waals surface area contributed by atoms with Crippen molar-refractivity contribution in [3.8, 4) is 0 Å². The number of hydrogen-bond donors (Lipinski definition) is 2. The molecule has 0 aromatic carbocycles. The summed E-state index contributed by atoms with van der Waals surface area (Å²) in [5, 5.41) is 11.3. The zero-order valence-electron chi connectivity index (χ0n) is 9.60. The van der Waals surface area contributed by atoms with Gasteiger partial charge in [-0.2, -0.15) is 13.2 Å². The Kier molecular flexibility index (Phi) is 3.14. The number of aromatic carboxylic acids is 1. The quantitative estimate of drug-likeness (QED) is 0.891. The van der Waals surface area contributed by atoms with Crippen LogP contribution in [0.25, 0.3) is 0 Å². The fourth-order valence-corrected chi connectivity index (χ4v) is 2.63. The molecule has 0 unspecified atom stereocenters. The van der Waals surface area contributed by atoms with Gasteiger partial charge in [-0.25, -0.2) is 4.79 Å². The number of thiophene rings is 1. The van der Waals surface area contributed by atoms with Crippen LogP contribution in [0.15, 0.2) is 6.07 Å². The SMILES string of the molecule is Cc1sc(C(=O)O)cc1CNC1(C(F)(F)F)CC1. The molecular weight excluding hydrogens is 267 g/mol. The van der Waals surface area contributed by atoms with E-state index in [0.717, 1.165) is 16.2 Å². The summed E-state index contributed by atoms with van der Waals surface area (Å²) in [6.07, 6.45) is -4.07. The second kappa shape index (κ2) is 4.24. The fraction of sp³-hybridized carbons (Fsp3) is 0.545. The molecule has 0 spiro atoms. The first-order chi connectivity index (χ1) is 8.25. The Hall–Kier alpha value is -1.08. The van der Waals surface area contributed by atoms with E-state index in [9.17, 15) is 18.0 Å². The van der Waals surface area contributed by atoms with Gasteiger partial charge in [0.2, 0.25) is 0 Å². The van der Waals surface area contributed by atoms with E-state index >= 15 is 0 Å². The van der Waals surface area contributed by atoms with E-state index in [1.807, 2.05) is 0 Å². The topological polar surface area (TPSA) is 49.3 Å². The van der Waals surface area contributed by atoms with Crippen molar-refractivity contribution in [2.45, 2.75) is 38.0 Å². The Morgan fingerprint density at radius 2 is 2.17 bits per heavy atom. The molecule has 100 valence electrons. The highest BCUT2D eigenvalue weighted by atomic mass is 32.1. The highest BCUT2D eigenvalue weighted by Crippen LogP contribution is 2.49. The first kappa shape index (κ1) is 13.4. The molecule has 1 heterocycles. The van der Waals surface area contributed by atoms with Gasteiger partial charge in [-0.15, -0.1) is 11.3 Å². The third-order valence-corrected chi connectivity index (χ3v) is 4.22. The first-order valence-corrected chi connectivity index (χ1v) is 6.21. The van der Waals surface area contributed by atoms with Crippen LogP contribution in [0.2, 0.25) is 0 Å². The number of carboxylic acids is 1. The number of hydrogen-bond acceptors (Lipinski definition) is 3. The fourth-order valence-electron chi connectivity index (χ4n) is 1.75. The van der Waals surface area contributed by atoms with Crippen molar-refractivity contribution < 1.29 is 23.1 Å². The van der Waals surface area contributed by atoms with Crippen LogP contribution < -0.4 is 5.32 Å². The van der Waals surface area contributed by atoms with Crippen LogP contribution in [-0.2, 0) is 6.54 Å². The molecule has 7 heteroatoms. The second-order valence-electron chi connectivity index (χ2n) is 4.43. The van der Waals surface area contributed by atoms with Crippen molar-refractivity contribution in [1.29, 1.82) is 0 Å². The van der Waals surface area contributed by atoms with Crippen LogP contribution in [0.3, 0.4) is 0 Å². The third-order valence-electron chi connectivity index (χ3n) is 3.14. The largest absolute Gasteiger partial charge is 0.477 e. The lowest BCUT2D eigenvalue weighted by molar-refractivity contribution is -0.166. The second-order valence-corrected chi connectivity index (χ2v) is 5.69. The summed E-state index contributed by atoms with van der Waals surface area (Å²) >= 11 is 1.08. The van der Waals surface area contributed by atoms with Crippen molar-refractivity contribution >= 4 is 17.3 Å². The Balaban J connectivity index is 2.05. The van der Waals surface area contributed by atoms with Crippen molar-refractivity contribution in [3.05, 3.63) is 21.4 Å². The maximum atomic E-state index is 12.7. The lowest BCUT2D eigenvalue weighted by Crippen LogP contribution is -2.44. The van der Waals surface area contributed by atoms with Crippen LogP contribution in [0.5, 0.6) is 0 Å². The van der Waals surface area contributed by atoms with Gasteiger partial charge in [0.15, 0.2) is 0 Å². The minimum Gasteiger partial charge on any atom is -0.477 e. The van der Waals surface area contributed by atoms with E-state index in [4.69, 9.17) is 5.11 Å². The summed E-state index contributed by atoms with van der Waals surface area (Å²) < 4.78 is 38.0. The van der Waals surface area contributed by atoms with Gasteiger partial charge in [-0.3, -0.25) is 5.32 Å². The van der Waals surface area contributed by atoms with Gasteiger partial charge in [-0.1, -0.05) is 0 Å². The van der Waals surface area contributed by atoms with Crippen LogP contribution in [0, 0.1) is 6.92 Å². The van der Waals surface area contributed by atoms with E-state index in [2.05, 4.69) is 5.32 Å². The number of carboxylic acid groups (broad SMARTS) is 1. The van der Waals surface area contributed by atoms with Crippen molar-refractivity contribution in [2.75, 3.05) is 0 Å². The molecule has 0 saturated heterocycles. The number of alkyl halides is 3. The minimum absolute atomic E-state index is 0.0507. The highest BCUT2D eigenvalue weighted by molar-refractivity contribution is 7.14. The van der Waals surface area contributed by atoms with Crippen molar-refractivity contribution in [2.24, 2.45) is 0 Å². The maximum Gasteiger partial charge on any atom is 0.406 e. The van der Waals surface area contributed by atoms with Gasteiger partial charge in [0.25, 0.3) is 0 Å². The third kappa shape index (κ3) is 2.37. The molecule has 2 rings (SSSR count). The maximum absolute atomic E-state index is 12.7. The van der Waals surface area contributed by atoms with E-state index in [1.54, 1.807) is 6.92 Å². The predicted octanol–water partition coefficient (Wildman–Crippen LogP) is 2.94. The summed E-state index contributed by atoms with van der Waals surface area (Å²) in [6.45, 7) is 1.76. The number of halogens is 3. The molecule has 18 heavy (non-hydrogen) atoms. The molecule has 1 fully saturated rings. The van der Waals surface area contributed by atoms with E-state index < -0.39 is 17.7 Å². The first-order valence-electron chi connectivity index (χ1n) is 5.39. The highest BCUT2D eigenvalue weighted by Gasteiger charge is 2.62. The van der Waals surface area contributed by atoms with Crippen molar-refractivity contribution in [1.82, 2.24) is 5.32 Å². The predicted molar refractivity (Wildman–Crippen MR) is 60.9 cm³/mol. The van der Waals surface area contributed by atoms with Gasteiger partial charge in [-0.05, 0) is 31.4 Å². The van der Waals surface area contributed by atoms with E-state index in [1.165, 1.54) is 6.07 Å². The summed E-state index contributed by atoms with van der Waals surface area (Å²) in [6, 6.07) is 1.43. The van der Waals surface area contributed by atoms with E-state index in [0.29, 0.717) is 5.56 Å². The zero-order chi connectivity index (χ0) is 13.6. The minimum atomic E-state index is -4.24. The summed E-state index contributed by atoms with van der Waals surface area (Å²) in [7, 11) is 0. The molecule has 0 bridgehead atoms. The van der Waals surface area contributed by atoms with Gasteiger partial charge < -0.3 is 5.11 Å². The smallest absolute Gasteiger partial charge is 0.406 e. The van der Waals surface area contributed by atoms with Crippen LogP contribution in [0.4, 0.5) is 13.2 Å². The summed E-state index contributed by atoms with van der Waals surface area (Å²) in [5.74, 6) is -1.05. The average molecular weight is 279 g/mol. The summed E-state index contributed by atoms with van der Waals surface area (Å²) in [4.78, 5) is 11.6. The standard InChI is InChI=1S/C11H12F3NO2S/c1-6-7(4-8(18-6)9(16)17)5-15-10(2-3-10)11(12,13)14/h4,15H,2-3,5H2,1H3,(H,16,17). The Morgan fingerprint density at radius 1 is 1.56 bits per heavy atom. The van der Waals surface area contributed by atoms with Crippen molar-refractivity contribution in [3.63, 3.8) is 0 Å². The molecule has 1 aromatic rings. The molecule has 1 aliphatic rings. The molecule has 0 aliphatic heterocycles. The van der Waals surface area contributed by atoms with Gasteiger partial charge >= 0.3 is 12.1 Å². The number of aryl methyl sites for hydroxylation is 1. The Bertz CT molecular complexity index is 477. The molecule has 0 radical (unpaired) electrons. The van der Waals surface area contributed by atoms with Gasteiger partial charge in [0.1, 0.15) is 10.4 Å². The Labute approximate surface area is 106 Å². The molecule has 0 amide bonds. The summed E-state index contributed by atoms with van der Waals surface area (Å²) in [5.41, 5.74) is -1.14.